The fraction of sp³-hybridized carbons (Fsp3) is 0.538. The predicted octanol–water partition coefficient (Wildman–Crippen LogP) is 2.33. The summed E-state index contributed by atoms with van der Waals surface area (Å²) < 4.78 is 1.93. The molecule has 1 N–H and O–H groups in total. The number of rotatable bonds is 4. The molecule has 1 aliphatic rings. The minimum atomic E-state index is 0.199. The highest BCUT2D eigenvalue weighted by atomic mass is 32.1. The zero-order valence-corrected chi connectivity index (χ0v) is 11.8. The van der Waals surface area contributed by atoms with Crippen molar-refractivity contribution in [2.75, 3.05) is 0 Å². The predicted molar refractivity (Wildman–Crippen MR) is 72.8 cm³/mol. The molecule has 0 spiro atoms. The third kappa shape index (κ3) is 2.20. The fourth-order valence-corrected chi connectivity index (χ4v) is 2.96. The van der Waals surface area contributed by atoms with Crippen LogP contribution < -0.4 is 5.32 Å². The smallest absolute Gasteiger partial charge is 0.115 e. The maximum atomic E-state index is 4.64. The third-order valence-electron chi connectivity index (χ3n) is 3.45. The lowest BCUT2D eigenvalue weighted by Crippen LogP contribution is -2.24. The van der Waals surface area contributed by atoms with Crippen LogP contribution in [0.15, 0.2) is 11.6 Å². The maximum Gasteiger partial charge on any atom is 0.115 e. The Hall–Kier alpha value is -1.20. The number of nitrogens with zero attached hydrogens (tertiary/aromatic N) is 3. The molecule has 1 aliphatic carbocycles. The monoisotopic (exact) mass is 262 g/mol. The van der Waals surface area contributed by atoms with Crippen LogP contribution >= 0.6 is 11.3 Å². The van der Waals surface area contributed by atoms with E-state index in [-0.39, 0.29) is 6.04 Å². The summed E-state index contributed by atoms with van der Waals surface area (Å²) in [5.74, 6) is 0. The molecule has 2 aromatic rings. The lowest BCUT2D eigenvalue weighted by molar-refractivity contribution is 0.593. The van der Waals surface area contributed by atoms with Gasteiger partial charge in [-0.2, -0.15) is 5.10 Å². The highest BCUT2D eigenvalue weighted by Gasteiger charge is 2.29. The van der Waals surface area contributed by atoms with E-state index in [0.29, 0.717) is 6.04 Å². The van der Waals surface area contributed by atoms with E-state index in [9.17, 15) is 0 Å². The average Bonchev–Trinajstić information content (AvgIpc) is 2.98. The van der Waals surface area contributed by atoms with E-state index < -0.39 is 0 Å². The van der Waals surface area contributed by atoms with Crippen molar-refractivity contribution in [2.45, 2.75) is 38.8 Å². The summed E-state index contributed by atoms with van der Waals surface area (Å²) in [7, 11) is 1.99. The van der Waals surface area contributed by atoms with Crippen LogP contribution in [-0.2, 0) is 7.05 Å². The van der Waals surface area contributed by atoms with Gasteiger partial charge in [-0.3, -0.25) is 4.68 Å². The van der Waals surface area contributed by atoms with Crippen LogP contribution in [0.5, 0.6) is 0 Å². The minimum Gasteiger partial charge on any atom is -0.301 e. The van der Waals surface area contributed by atoms with Gasteiger partial charge in [0, 0.05) is 35.4 Å². The molecule has 1 atom stereocenters. The van der Waals surface area contributed by atoms with Gasteiger partial charge in [0.05, 0.1) is 12.2 Å². The number of nitrogens with one attached hydrogen (secondary N) is 1. The molecule has 4 nitrogen and oxygen atoms in total. The first-order valence-electron chi connectivity index (χ1n) is 6.31. The van der Waals surface area contributed by atoms with Gasteiger partial charge in [0.25, 0.3) is 0 Å². The molecule has 0 bridgehead atoms. The Morgan fingerprint density at radius 1 is 1.44 bits per heavy atom. The van der Waals surface area contributed by atoms with Crippen molar-refractivity contribution < 1.29 is 0 Å². The summed E-state index contributed by atoms with van der Waals surface area (Å²) in [5, 5.41) is 11.3. The van der Waals surface area contributed by atoms with Crippen LogP contribution in [0.2, 0.25) is 0 Å². The van der Waals surface area contributed by atoms with E-state index in [1.54, 1.807) is 11.3 Å². The molecular formula is C13H18N4S. The van der Waals surface area contributed by atoms with E-state index >= 15 is 0 Å². The first kappa shape index (κ1) is 11.9. The second-order valence-electron chi connectivity index (χ2n) is 5.01. The minimum absolute atomic E-state index is 0.199. The number of aryl methyl sites for hydroxylation is 2. The zero-order chi connectivity index (χ0) is 12.7. The van der Waals surface area contributed by atoms with Crippen LogP contribution in [0.3, 0.4) is 0 Å². The van der Waals surface area contributed by atoms with E-state index in [0.717, 1.165) is 10.7 Å². The molecule has 3 rings (SSSR count). The highest BCUT2D eigenvalue weighted by molar-refractivity contribution is 7.09. The normalized spacial score (nSPS) is 17.1. The summed E-state index contributed by atoms with van der Waals surface area (Å²) in [4.78, 5) is 4.64. The fourth-order valence-electron chi connectivity index (χ4n) is 2.08. The molecule has 5 heteroatoms. The van der Waals surface area contributed by atoms with Crippen molar-refractivity contribution in [2.24, 2.45) is 7.05 Å². The van der Waals surface area contributed by atoms with Gasteiger partial charge in [-0.25, -0.2) is 4.98 Å². The maximum absolute atomic E-state index is 4.64. The Morgan fingerprint density at radius 2 is 2.22 bits per heavy atom. The summed E-state index contributed by atoms with van der Waals surface area (Å²) >= 11 is 1.73. The summed E-state index contributed by atoms with van der Waals surface area (Å²) in [6, 6.07) is 0.851. The molecule has 18 heavy (non-hydrogen) atoms. The molecule has 2 aromatic heterocycles. The van der Waals surface area contributed by atoms with Gasteiger partial charge in [0.2, 0.25) is 0 Å². The Kier molecular flexibility index (Phi) is 2.95. The SMILES string of the molecule is Cc1csc(C(NC2CC2)c2cnn(C)c2C)n1. The van der Waals surface area contributed by atoms with Gasteiger partial charge in [-0.15, -0.1) is 11.3 Å². The molecule has 96 valence electrons. The van der Waals surface area contributed by atoms with Crippen LogP contribution in [0.25, 0.3) is 0 Å². The van der Waals surface area contributed by atoms with Crippen molar-refractivity contribution in [3.8, 4) is 0 Å². The molecule has 0 amide bonds. The van der Waals surface area contributed by atoms with E-state index in [4.69, 9.17) is 0 Å². The van der Waals surface area contributed by atoms with E-state index in [1.807, 2.05) is 24.9 Å². The van der Waals surface area contributed by atoms with Crippen molar-refractivity contribution >= 4 is 11.3 Å². The van der Waals surface area contributed by atoms with Crippen molar-refractivity contribution in [3.63, 3.8) is 0 Å². The van der Waals surface area contributed by atoms with Gasteiger partial charge in [0.15, 0.2) is 0 Å². The van der Waals surface area contributed by atoms with Crippen LogP contribution in [0.1, 0.15) is 40.8 Å². The Labute approximate surface area is 111 Å². The van der Waals surface area contributed by atoms with Crippen LogP contribution in [0.4, 0.5) is 0 Å². The van der Waals surface area contributed by atoms with Gasteiger partial charge in [0.1, 0.15) is 5.01 Å². The van der Waals surface area contributed by atoms with Crippen molar-refractivity contribution in [3.05, 3.63) is 33.5 Å². The Morgan fingerprint density at radius 3 is 2.72 bits per heavy atom. The number of thiazole rings is 1. The van der Waals surface area contributed by atoms with Gasteiger partial charge >= 0.3 is 0 Å². The molecule has 0 radical (unpaired) electrons. The zero-order valence-electron chi connectivity index (χ0n) is 11.0. The second-order valence-corrected chi connectivity index (χ2v) is 5.90. The Bertz CT molecular complexity index is 553. The molecule has 0 aliphatic heterocycles. The van der Waals surface area contributed by atoms with Crippen molar-refractivity contribution in [1.82, 2.24) is 20.1 Å². The second kappa shape index (κ2) is 4.48. The number of aromatic nitrogens is 3. The first-order valence-corrected chi connectivity index (χ1v) is 7.19. The quantitative estimate of drug-likeness (QED) is 0.919. The van der Waals surface area contributed by atoms with Gasteiger partial charge < -0.3 is 5.32 Å². The summed E-state index contributed by atoms with van der Waals surface area (Å²) in [6.45, 7) is 4.16. The van der Waals surface area contributed by atoms with Crippen molar-refractivity contribution in [1.29, 1.82) is 0 Å². The lowest BCUT2D eigenvalue weighted by atomic mass is 10.1. The average molecular weight is 262 g/mol. The largest absolute Gasteiger partial charge is 0.301 e. The lowest BCUT2D eigenvalue weighted by Gasteiger charge is -2.16. The van der Waals surface area contributed by atoms with Crippen LogP contribution in [-0.4, -0.2) is 20.8 Å². The molecule has 1 fully saturated rings. The number of hydrogen-bond acceptors (Lipinski definition) is 4. The third-order valence-corrected chi connectivity index (χ3v) is 4.48. The first-order chi connectivity index (χ1) is 8.65. The van der Waals surface area contributed by atoms with E-state index in [1.165, 1.54) is 24.1 Å². The van der Waals surface area contributed by atoms with Gasteiger partial charge in [-0.1, -0.05) is 0 Å². The summed E-state index contributed by atoms with van der Waals surface area (Å²) in [5.41, 5.74) is 3.55. The standard InChI is InChI=1S/C13H18N4S/c1-8-7-18-13(15-8)12(16-10-4-5-10)11-6-14-17(3)9(11)2/h6-7,10,12,16H,4-5H2,1-3H3. The van der Waals surface area contributed by atoms with Gasteiger partial charge in [-0.05, 0) is 26.7 Å². The molecule has 1 saturated carbocycles. The molecule has 2 heterocycles. The van der Waals surface area contributed by atoms with Crippen LogP contribution in [0, 0.1) is 13.8 Å². The molecule has 0 saturated heterocycles. The Balaban J connectivity index is 1.96. The molecular weight excluding hydrogens is 244 g/mol. The molecule has 0 aromatic carbocycles. The highest BCUT2D eigenvalue weighted by Crippen LogP contribution is 2.31. The summed E-state index contributed by atoms with van der Waals surface area (Å²) in [6.07, 6.45) is 4.52. The number of hydrogen-bond donors (Lipinski definition) is 1. The topological polar surface area (TPSA) is 42.7 Å². The molecule has 1 unspecified atom stereocenters. The van der Waals surface area contributed by atoms with E-state index in [2.05, 4.69) is 27.7 Å².